The third-order valence-corrected chi connectivity index (χ3v) is 4.15. The first-order chi connectivity index (χ1) is 11.5. The number of phenolic OH excluding ortho intramolecular Hbond substituents is 1. The first kappa shape index (κ1) is 17.4. The van der Waals surface area contributed by atoms with Crippen LogP contribution in [0, 0.1) is 6.92 Å². The number of anilines is 1. The molecule has 0 unspecified atom stereocenters. The molecule has 1 aliphatic carbocycles. The van der Waals surface area contributed by atoms with Gasteiger partial charge in [-0.3, -0.25) is 0 Å². The zero-order valence-corrected chi connectivity index (χ0v) is 13.6. The van der Waals surface area contributed by atoms with E-state index in [0.29, 0.717) is 24.7 Å². The molecule has 0 saturated heterocycles. The summed E-state index contributed by atoms with van der Waals surface area (Å²) in [5, 5.41) is 30.5. The van der Waals surface area contributed by atoms with E-state index in [1.807, 2.05) is 0 Å². The van der Waals surface area contributed by atoms with E-state index in [0.717, 1.165) is 6.07 Å². The van der Waals surface area contributed by atoms with E-state index in [4.69, 9.17) is 0 Å². The van der Waals surface area contributed by atoms with Gasteiger partial charge in [0, 0.05) is 6.04 Å². The number of alkyl halides is 3. The summed E-state index contributed by atoms with van der Waals surface area (Å²) < 4.78 is 38.3. The van der Waals surface area contributed by atoms with Gasteiger partial charge in [-0.15, -0.1) is 10.2 Å². The molecule has 0 amide bonds. The van der Waals surface area contributed by atoms with E-state index < -0.39 is 23.1 Å². The SMILES string of the molecule is Cc1cc(C(F)(F)F)cc(O)c1-c1ncc(NC2CC(C)(O)C2)nn1. The van der Waals surface area contributed by atoms with Crippen molar-refractivity contribution in [2.24, 2.45) is 0 Å². The molecule has 0 aliphatic heterocycles. The summed E-state index contributed by atoms with van der Waals surface area (Å²) in [6, 6.07) is 1.65. The molecule has 134 valence electrons. The Morgan fingerprint density at radius 3 is 2.40 bits per heavy atom. The fraction of sp³-hybridized carbons (Fsp3) is 0.438. The Hall–Kier alpha value is -2.42. The minimum atomic E-state index is -4.54. The molecule has 1 fully saturated rings. The Morgan fingerprint density at radius 1 is 1.24 bits per heavy atom. The highest BCUT2D eigenvalue weighted by Gasteiger charge is 2.38. The van der Waals surface area contributed by atoms with Crippen molar-refractivity contribution >= 4 is 5.82 Å². The summed E-state index contributed by atoms with van der Waals surface area (Å²) in [7, 11) is 0. The highest BCUT2D eigenvalue weighted by molar-refractivity contribution is 5.68. The van der Waals surface area contributed by atoms with Crippen LogP contribution in [0.2, 0.25) is 0 Å². The molecular weight excluding hydrogens is 337 g/mol. The van der Waals surface area contributed by atoms with Crippen LogP contribution in [0.4, 0.5) is 19.0 Å². The number of aryl methyl sites for hydroxylation is 1. The van der Waals surface area contributed by atoms with E-state index >= 15 is 0 Å². The average Bonchev–Trinajstić information content (AvgIpc) is 2.45. The lowest BCUT2D eigenvalue weighted by molar-refractivity contribution is -0.137. The van der Waals surface area contributed by atoms with Gasteiger partial charge in [-0.25, -0.2) is 4.98 Å². The Balaban J connectivity index is 1.81. The number of benzene rings is 1. The summed E-state index contributed by atoms with van der Waals surface area (Å²) >= 11 is 0. The molecule has 1 aromatic carbocycles. The Labute approximate surface area is 141 Å². The lowest BCUT2D eigenvalue weighted by atomic mass is 9.77. The maximum atomic E-state index is 12.8. The number of hydrogen-bond donors (Lipinski definition) is 3. The van der Waals surface area contributed by atoms with Crippen LogP contribution in [0.1, 0.15) is 30.9 Å². The molecular formula is C16H17F3N4O2. The second-order valence-electron chi connectivity index (χ2n) is 6.60. The molecule has 0 bridgehead atoms. The molecule has 1 aromatic heterocycles. The van der Waals surface area contributed by atoms with Crippen LogP contribution >= 0.6 is 0 Å². The van der Waals surface area contributed by atoms with Gasteiger partial charge >= 0.3 is 6.18 Å². The van der Waals surface area contributed by atoms with E-state index in [2.05, 4.69) is 20.5 Å². The van der Waals surface area contributed by atoms with Gasteiger partial charge < -0.3 is 15.5 Å². The number of phenols is 1. The summed E-state index contributed by atoms with van der Waals surface area (Å²) in [6.07, 6.45) is -1.99. The maximum Gasteiger partial charge on any atom is 0.416 e. The lowest BCUT2D eigenvalue weighted by Gasteiger charge is -2.41. The van der Waals surface area contributed by atoms with Crippen molar-refractivity contribution in [1.82, 2.24) is 15.2 Å². The van der Waals surface area contributed by atoms with Crippen molar-refractivity contribution in [2.45, 2.75) is 44.5 Å². The molecule has 25 heavy (non-hydrogen) atoms. The number of nitrogens with zero attached hydrogens (tertiary/aromatic N) is 3. The maximum absolute atomic E-state index is 12.8. The standard InChI is InChI=1S/C16H17F3N4O2/c1-8-3-9(16(17,18)19)4-11(24)13(8)14-20-7-12(22-23-14)21-10-5-15(2,25)6-10/h3-4,7,10,24-25H,5-6H2,1-2H3,(H,21,22). The number of rotatable bonds is 3. The van der Waals surface area contributed by atoms with Gasteiger partial charge in [0.1, 0.15) is 5.75 Å². The molecule has 1 saturated carbocycles. The molecule has 9 heteroatoms. The molecule has 2 aromatic rings. The van der Waals surface area contributed by atoms with Crippen LogP contribution in [0.25, 0.3) is 11.4 Å². The van der Waals surface area contributed by atoms with Crippen molar-refractivity contribution in [3.63, 3.8) is 0 Å². The van der Waals surface area contributed by atoms with Gasteiger partial charge in [-0.05, 0) is 44.4 Å². The third kappa shape index (κ3) is 3.65. The predicted molar refractivity (Wildman–Crippen MR) is 83.9 cm³/mol. The topological polar surface area (TPSA) is 91.2 Å². The number of hydrogen-bond acceptors (Lipinski definition) is 6. The molecule has 1 aliphatic rings. The second-order valence-corrected chi connectivity index (χ2v) is 6.60. The van der Waals surface area contributed by atoms with E-state index in [-0.39, 0.29) is 23.0 Å². The molecule has 6 nitrogen and oxygen atoms in total. The van der Waals surface area contributed by atoms with E-state index in [9.17, 15) is 23.4 Å². The lowest BCUT2D eigenvalue weighted by Crippen LogP contribution is -2.48. The Bertz CT molecular complexity index is 760. The van der Waals surface area contributed by atoms with Crippen molar-refractivity contribution in [2.75, 3.05) is 5.32 Å². The normalized spacial score (nSPS) is 23.2. The molecule has 0 spiro atoms. The van der Waals surface area contributed by atoms with Gasteiger partial charge in [0.25, 0.3) is 0 Å². The summed E-state index contributed by atoms with van der Waals surface area (Å²) in [5.74, 6) is -0.118. The van der Waals surface area contributed by atoms with Crippen LogP contribution in [0.5, 0.6) is 5.75 Å². The monoisotopic (exact) mass is 354 g/mol. The average molecular weight is 354 g/mol. The zero-order chi connectivity index (χ0) is 18.4. The van der Waals surface area contributed by atoms with Gasteiger partial charge in [-0.1, -0.05) is 0 Å². The minimum Gasteiger partial charge on any atom is -0.507 e. The highest BCUT2D eigenvalue weighted by Crippen LogP contribution is 2.38. The molecule has 3 N–H and O–H groups in total. The second kappa shape index (κ2) is 5.83. The van der Waals surface area contributed by atoms with Gasteiger partial charge in [0.15, 0.2) is 11.6 Å². The zero-order valence-electron chi connectivity index (χ0n) is 13.6. The molecule has 3 rings (SSSR count). The van der Waals surface area contributed by atoms with Crippen LogP contribution < -0.4 is 5.32 Å². The first-order valence-corrected chi connectivity index (χ1v) is 7.65. The van der Waals surface area contributed by atoms with Crippen LogP contribution in [0.15, 0.2) is 18.3 Å². The first-order valence-electron chi connectivity index (χ1n) is 7.65. The largest absolute Gasteiger partial charge is 0.507 e. The Morgan fingerprint density at radius 2 is 1.92 bits per heavy atom. The van der Waals surface area contributed by atoms with Crippen molar-refractivity contribution in [3.05, 3.63) is 29.5 Å². The number of halogens is 3. The highest BCUT2D eigenvalue weighted by atomic mass is 19.4. The van der Waals surface area contributed by atoms with Gasteiger partial charge in [0.05, 0.1) is 22.9 Å². The fourth-order valence-corrected chi connectivity index (χ4v) is 2.99. The summed E-state index contributed by atoms with van der Waals surface area (Å²) in [6.45, 7) is 3.19. The number of nitrogens with one attached hydrogen (secondary N) is 1. The number of aromatic nitrogens is 3. The third-order valence-electron chi connectivity index (χ3n) is 4.15. The Kier molecular flexibility index (Phi) is 4.06. The van der Waals surface area contributed by atoms with Crippen LogP contribution in [-0.2, 0) is 6.18 Å². The molecule has 0 radical (unpaired) electrons. The number of aliphatic hydroxyl groups is 1. The van der Waals surface area contributed by atoms with E-state index in [1.54, 1.807) is 6.92 Å². The molecule has 1 heterocycles. The van der Waals surface area contributed by atoms with Crippen molar-refractivity contribution in [3.8, 4) is 17.1 Å². The minimum absolute atomic E-state index is 0.0369. The quantitative estimate of drug-likeness (QED) is 0.785. The molecule has 0 atom stereocenters. The van der Waals surface area contributed by atoms with Gasteiger partial charge in [0.2, 0.25) is 0 Å². The van der Waals surface area contributed by atoms with E-state index in [1.165, 1.54) is 13.1 Å². The summed E-state index contributed by atoms with van der Waals surface area (Å²) in [5.41, 5.74) is -1.31. The van der Waals surface area contributed by atoms with Crippen molar-refractivity contribution in [1.29, 1.82) is 0 Å². The smallest absolute Gasteiger partial charge is 0.416 e. The van der Waals surface area contributed by atoms with Crippen molar-refractivity contribution < 1.29 is 23.4 Å². The van der Waals surface area contributed by atoms with Crippen LogP contribution in [0.3, 0.4) is 0 Å². The fourth-order valence-electron chi connectivity index (χ4n) is 2.99. The number of aromatic hydroxyl groups is 1. The predicted octanol–water partition coefficient (Wildman–Crippen LogP) is 2.90. The van der Waals surface area contributed by atoms with Crippen LogP contribution in [-0.4, -0.2) is 37.0 Å². The van der Waals surface area contributed by atoms with Gasteiger partial charge in [-0.2, -0.15) is 13.2 Å². The summed E-state index contributed by atoms with van der Waals surface area (Å²) in [4.78, 5) is 4.07.